The normalized spacial score (nSPS) is 11.2. The first-order valence-electron chi connectivity index (χ1n) is 10.1. The standard InChI is InChI=1S/C24H26N4OS/c1-16-12-17(2)14-20(13-16)23(29)28(10-5-9-27-11-8-25-15-27)24-26-22-19(4)18(3)6-7-21(22)30-24/h6-8,11-15H,5,9-10H2,1-4H3. The van der Waals surface area contributed by atoms with Crippen LogP contribution in [-0.2, 0) is 6.54 Å². The molecule has 0 aliphatic heterocycles. The minimum absolute atomic E-state index is 0.000798. The second-order valence-corrected chi connectivity index (χ2v) is 8.85. The molecule has 0 bridgehead atoms. The Morgan fingerprint density at radius 2 is 1.87 bits per heavy atom. The van der Waals surface area contributed by atoms with E-state index in [-0.39, 0.29) is 5.91 Å². The van der Waals surface area contributed by atoms with Crippen molar-refractivity contribution in [2.45, 2.75) is 40.7 Å². The van der Waals surface area contributed by atoms with Crippen LogP contribution in [0.2, 0.25) is 0 Å². The molecule has 1 amide bonds. The molecule has 0 unspecified atom stereocenters. The summed E-state index contributed by atoms with van der Waals surface area (Å²) in [6, 6.07) is 10.2. The molecular formula is C24H26N4OS. The quantitative estimate of drug-likeness (QED) is 0.418. The van der Waals surface area contributed by atoms with E-state index in [0.717, 1.165) is 39.4 Å². The van der Waals surface area contributed by atoms with Gasteiger partial charge in [-0.15, -0.1) is 0 Å². The Morgan fingerprint density at radius 1 is 1.10 bits per heavy atom. The number of hydrogen-bond acceptors (Lipinski definition) is 4. The van der Waals surface area contributed by atoms with Crippen LogP contribution in [0.25, 0.3) is 10.2 Å². The molecule has 4 rings (SSSR count). The van der Waals surface area contributed by atoms with Crippen LogP contribution < -0.4 is 4.90 Å². The van der Waals surface area contributed by atoms with Crippen molar-refractivity contribution < 1.29 is 4.79 Å². The minimum atomic E-state index is 0.000798. The number of carbonyl (C=O) groups is 1. The predicted molar refractivity (Wildman–Crippen MR) is 124 cm³/mol. The summed E-state index contributed by atoms with van der Waals surface area (Å²) in [6.07, 6.45) is 6.34. The summed E-state index contributed by atoms with van der Waals surface area (Å²) in [5.41, 5.74) is 6.27. The van der Waals surface area contributed by atoms with Gasteiger partial charge in [-0.2, -0.15) is 0 Å². The van der Waals surface area contributed by atoms with Gasteiger partial charge in [0.05, 0.1) is 16.5 Å². The van der Waals surface area contributed by atoms with Gasteiger partial charge >= 0.3 is 0 Å². The van der Waals surface area contributed by atoms with Crippen LogP contribution in [-0.4, -0.2) is 27.0 Å². The van der Waals surface area contributed by atoms with Gasteiger partial charge in [0, 0.05) is 31.0 Å². The molecule has 2 aromatic heterocycles. The number of thiazole rings is 1. The number of amides is 1. The Balaban J connectivity index is 1.69. The molecule has 4 aromatic rings. The molecule has 6 heteroatoms. The molecule has 0 saturated carbocycles. The Labute approximate surface area is 181 Å². The van der Waals surface area contributed by atoms with Crippen LogP contribution >= 0.6 is 11.3 Å². The number of carbonyl (C=O) groups excluding carboxylic acids is 1. The second-order valence-electron chi connectivity index (χ2n) is 7.84. The summed E-state index contributed by atoms with van der Waals surface area (Å²) in [5, 5.41) is 0.758. The maximum Gasteiger partial charge on any atom is 0.260 e. The lowest BCUT2D eigenvalue weighted by Crippen LogP contribution is -2.32. The van der Waals surface area contributed by atoms with Crippen LogP contribution in [0.15, 0.2) is 49.1 Å². The van der Waals surface area contributed by atoms with Crippen molar-refractivity contribution in [1.82, 2.24) is 14.5 Å². The number of imidazole rings is 1. The minimum Gasteiger partial charge on any atom is -0.337 e. The van der Waals surface area contributed by atoms with Crippen LogP contribution in [0.3, 0.4) is 0 Å². The number of nitrogens with zero attached hydrogens (tertiary/aromatic N) is 4. The van der Waals surface area contributed by atoms with E-state index in [1.54, 1.807) is 23.9 Å². The highest BCUT2D eigenvalue weighted by atomic mass is 32.1. The number of rotatable bonds is 6. The zero-order valence-corrected chi connectivity index (χ0v) is 18.7. The number of aryl methyl sites for hydroxylation is 5. The first-order valence-corrected chi connectivity index (χ1v) is 11.0. The number of hydrogen-bond donors (Lipinski definition) is 0. The van der Waals surface area contributed by atoms with E-state index in [1.807, 2.05) is 41.6 Å². The fraction of sp³-hybridized carbons (Fsp3) is 0.292. The molecular weight excluding hydrogens is 392 g/mol. The molecule has 0 fully saturated rings. The molecule has 5 nitrogen and oxygen atoms in total. The van der Waals surface area contributed by atoms with Crippen molar-refractivity contribution in [3.8, 4) is 0 Å². The lowest BCUT2D eigenvalue weighted by Gasteiger charge is -2.20. The molecule has 2 heterocycles. The molecule has 154 valence electrons. The second kappa shape index (κ2) is 8.40. The van der Waals surface area contributed by atoms with Gasteiger partial charge in [-0.05, 0) is 63.4 Å². The molecule has 30 heavy (non-hydrogen) atoms. The number of benzene rings is 2. The number of aromatic nitrogens is 3. The summed E-state index contributed by atoms with van der Waals surface area (Å²) in [7, 11) is 0. The average molecular weight is 419 g/mol. The van der Waals surface area contributed by atoms with Crippen molar-refractivity contribution in [2.75, 3.05) is 11.4 Å². The summed E-state index contributed by atoms with van der Waals surface area (Å²) in [4.78, 5) is 24.4. The van der Waals surface area contributed by atoms with Gasteiger partial charge < -0.3 is 4.57 Å². The molecule has 0 atom stereocenters. The smallest absolute Gasteiger partial charge is 0.260 e. The third-order valence-electron chi connectivity index (χ3n) is 5.38. The van der Waals surface area contributed by atoms with E-state index in [9.17, 15) is 4.79 Å². The lowest BCUT2D eigenvalue weighted by molar-refractivity contribution is 0.0986. The fourth-order valence-electron chi connectivity index (χ4n) is 3.70. The lowest BCUT2D eigenvalue weighted by atomic mass is 10.1. The van der Waals surface area contributed by atoms with Crippen molar-refractivity contribution in [3.63, 3.8) is 0 Å². The summed E-state index contributed by atoms with van der Waals surface area (Å²) in [6.45, 7) is 9.64. The van der Waals surface area contributed by atoms with Crippen LogP contribution in [0, 0.1) is 27.7 Å². The monoisotopic (exact) mass is 418 g/mol. The topological polar surface area (TPSA) is 51.0 Å². The molecule has 0 saturated heterocycles. The first-order chi connectivity index (χ1) is 14.4. The van der Waals surface area contributed by atoms with E-state index < -0.39 is 0 Å². The summed E-state index contributed by atoms with van der Waals surface area (Å²) < 4.78 is 3.15. The van der Waals surface area contributed by atoms with Crippen LogP contribution in [0.4, 0.5) is 5.13 Å². The van der Waals surface area contributed by atoms with Crippen LogP contribution in [0.1, 0.15) is 39.0 Å². The SMILES string of the molecule is Cc1cc(C)cc(C(=O)N(CCCn2ccnc2)c2nc3c(C)c(C)ccc3s2)c1. The molecule has 0 aliphatic rings. The maximum atomic E-state index is 13.5. The summed E-state index contributed by atoms with van der Waals surface area (Å²) >= 11 is 1.58. The molecule has 0 spiro atoms. The van der Waals surface area contributed by atoms with Crippen molar-refractivity contribution in [1.29, 1.82) is 0 Å². The van der Waals surface area contributed by atoms with E-state index in [2.05, 4.69) is 37.0 Å². The summed E-state index contributed by atoms with van der Waals surface area (Å²) in [5.74, 6) is 0.000798. The molecule has 0 N–H and O–H groups in total. The van der Waals surface area contributed by atoms with E-state index in [1.165, 1.54) is 11.1 Å². The van der Waals surface area contributed by atoms with Gasteiger partial charge in [-0.3, -0.25) is 9.69 Å². The van der Waals surface area contributed by atoms with Crippen molar-refractivity contribution >= 4 is 32.6 Å². The number of fused-ring (bicyclic) bond motifs is 1. The zero-order valence-electron chi connectivity index (χ0n) is 17.8. The van der Waals surface area contributed by atoms with E-state index in [4.69, 9.17) is 4.98 Å². The van der Waals surface area contributed by atoms with Crippen molar-refractivity contribution in [3.05, 3.63) is 76.9 Å². The average Bonchev–Trinajstić information content (AvgIpc) is 3.37. The third kappa shape index (κ3) is 4.14. The van der Waals surface area contributed by atoms with Crippen LogP contribution in [0.5, 0.6) is 0 Å². The molecule has 0 aliphatic carbocycles. The number of anilines is 1. The Kier molecular flexibility index (Phi) is 5.68. The highest BCUT2D eigenvalue weighted by molar-refractivity contribution is 7.22. The van der Waals surface area contributed by atoms with Gasteiger partial charge in [0.2, 0.25) is 0 Å². The fourth-order valence-corrected chi connectivity index (χ4v) is 4.75. The van der Waals surface area contributed by atoms with Gasteiger partial charge in [0.25, 0.3) is 5.91 Å². The van der Waals surface area contributed by atoms with Gasteiger partial charge in [-0.25, -0.2) is 9.97 Å². The predicted octanol–water partition coefficient (Wildman–Crippen LogP) is 5.46. The van der Waals surface area contributed by atoms with Gasteiger partial charge in [0.1, 0.15) is 0 Å². The highest BCUT2D eigenvalue weighted by Gasteiger charge is 2.22. The van der Waals surface area contributed by atoms with E-state index in [0.29, 0.717) is 12.1 Å². The molecule has 2 aromatic carbocycles. The molecule has 0 radical (unpaired) electrons. The van der Waals surface area contributed by atoms with Crippen molar-refractivity contribution in [2.24, 2.45) is 0 Å². The highest BCUT2D eigenvalue weighted by Crippen LogP contribution is 2.33. The first kappa shape index (κ1) is 20.3. The van der Waals surface area contributed by atoms with Gasteiger partial charge in [-0.1, -0.05) is 34.6 Å². The van der Waals surface area contributed by atoms with E-state index >= 15 is 0 Å². The largest absolute Gasteiger partial charge is 0.337 e. The van der Waals surface area contributed by atoms with Gasteiger partial charge in [0.15, 0.2) is 5.13 Å². The third-order valence-corrected chi connectivity index (χ3v) is 6.42. The zero-order chi connectivity index (χ0) is 21.3. The Hall–Kier alpha value is -2.99. The Morgan fingerprint density at radius 3 is 2.57 bits per heavy atom. The maximum absolute atomic E-state index is 13.5. The Bertz CT molecular complexity index is 1170.